The zero-order chi connectivity index (χ0) is 14.5. The lowest BCUT2D eigenvalue weighted by molar-refractivity contribution is -0.134. The van der Waals surface area contributed by atoms with E-state index in [0.717, 1.165) is 37.2 Å². The van der Waals surface area contributed by atoms with Crippen molar-refractivity contribution < 1.29 is 9.53 Å². The maximum atomic E-state index is 12.2. The molecule has 1 fully saturated rings. The molecule has 1 saturated heterocycles. The molecule has 1 N–H and O–H groups in total. The fourth-order valence-corrected chi connectivity index (χ4v) is 2.60. The first kappa shape index (κ1) is 17.8. The molecule has 0 bridgehead atoms. The van der Waals surface area contributed by atoms with Crippen LogP contribution in [0.2, 0.25) is 0 Å². The van der Waals surface area contributed by atoms with Crippen LogP contribution in [0.15, 0.2) is 18.2 Å². The maximum absolute atomic E-state index is 12.2. The molecule has 0 aliphatic carbocycles. The van der Waals surface area contributed by atoms with Gasteiger partial charge in [0.2, 0.25) is 0 Å². The Kier molecular flexibility index (Phi) is 6.99. The van der Waals surface area contributed by atoms with Crippen molar-refractivity contribution in [3.05, 3.63) is 29.3 Å². The monoisotopic (exact) mass is 312 g/mol. The average molecular weight is 313 g/mol. The van der Waals surface area contributed by atoms with Gasteiger partial charge in [-0.05, 0) is 51.4 Å². The van der Waals surface area contributed by atoms with Gasteiger partial charge in [0, 0.05) is 13.1 Å². The van der Waals surface area contributed by atoms with Gasteiger partial charge in [0.15, 0.2) is 6.61 Å². The van der Waals surface area contributed by atoms with Gasteiger partial charge in [-0.25, -0.2) is 0 Å². The quantitative estimate of drug-likeness (QED) is 0.927. The number of amides is 1. The smallest absolute Gasteiger partial charge is 0.260 e. The number of nitrogens with zero attached hydrogens (tertiary/aromatic N) is 1. The molecule has 0 unspecified atom stereocenters. The largest absolute Gasteiger partial charge is 0.484 e. The minimum atomic E-state index is 0. The molecule has 2 rings (SSSR count). The molecule has 1 heterocycles. The van der Waals surface area contributed by atoms with E-state index in [0.29, 0.717) is 6.04 Å². The number of carbonyl (C=O) groups is 1. The Balaban J connectivity index is 0.00000220. The number of halogens is 1. The topological polar surface area (TPSA) is 41.6 Å². The number of hydrogen-bond donors (Lipinski definition) is 1. The second-order valence-corrected chi connectivity index (χ2v) is 5.54. The van der Waals surface area contributed by atoms with Crippen LogP contribution >= 0.6 is 12.4 Å². The summed E-state index contributed by atoms with van der Waals surface area (Å²) in [6.07, 6.45) is 2.04. The van der Waals surface area contributed by atoms with Crippen molar-refractivity contribution >= 4 is 18.3 Å². The number of aryl methyl sites for hydroxylation is 2. The van der Waals surface area contributed by atoms with Crippen molar-refractivity contribution in [1.82, 2.24) is 10.2 Å². The minimum Gasteiger partial charge on any atom is -0.484 e. The molecule has 1 aromatic carbocycles. The highest BCUT2D eigenvalue weighted by atomic mass is 35.5. The Morgan fingerprint density at radius 2 is 2.00 bits per heavy atom. The number of likely N-dealkylation sites (N-methyl/N-ethyl adjacent to an activating group) is 1. The van der Waals surface area contributed by atoms with E-state index in [1.807, 2.05) is 37.9 Å². The van der Waals surface area contributed by atoms with Crippen LogP contribution in [0, 0.1) is 13.8 Å². The average Bonchev–Trinajstić information content (AvgIpc) is 2.46. The second kappa shape index (κ2) is 8.25. The molecule has 1 amide bonds. The van der Waals surface area contributed by atoms with Gasteiger partial charge in [0.05, 0.1) is 0 Å². The van der Waals surface area contributed by atoms with Gasteiger partial charge in [0.25, 0.3) is 5.91 Å². The first-order valence-corrected chi connectivity index (χ1v) is 7.24. The fraction of sp³-hybridized carbons (Fsp3) is 0.562. The van der Waals surface area contributed by atoms with Crippen molar-refractivity contribution in [1.29, 1.82) is 0 Å². The van der Waals surface area contributed by atoms with Gasteiger partial charge >= 0.3 is 0 Å². The molecule has 0 atom stereocenters. The number of piperidine rings is 1. The lowest BCUT2D eigenvalue weighted by atomic mass is 10.1. The standard InChI is InChI=1S/C16H24N2O2.ClH/c1-12-4-5-15(13(2)10-12)20-11-16(19)18(3)14-6-8-17-9-7-14;/h4-5,10,14,17H,6-9,11H2,1-3H3;1H. The van der Waals surface area contributed by atoms with E-state index in [1.165, 1.54) is 5.56 Å². The summed E-state index contributed by atoms with van der Waals surface area (Å²) in [6, 6.07) is 6.34. The summed E-state index contributed by atoms with van der Waals surface area (Å²) in [7, 11) is 1.88. The normalized spacial score (nSPS) is 15.2. The van der Waals surface area contributed by atoms with Gasteiger partial charge in [-0.3, -0.25) is 4.79 Å². The van der Waals surface area contributed by atoms with Gasteiger partial charge < -0.3 is 15.0 Å². The van der Waals surface area contributed by atoms with E-state index >= 15 is 0 Å². The van der Waals surface area contributed by atoms with Crippen LogP contribution in [0.1, 0.15) is 24.0 Å². The third-order valence-electron chi connectivity index (χ3n) is 3.93. The number of benzene rings is 1. The summed E-state index contributed by atoms with van der Waals surface area (Å²) in [4.78, 5) is 14.0. The Bertz CT molecular complexity index is 473. The summed E-state index contributed by atoms with van der Waals surface area (Å²) in [5.74, 6) is 0.847. The SMILES string of the molecule is Cc1ccc(OCC(=O)N(C)C2CCNCC2)c(C)c1.Cl. The van der Waals surface area contributed by atoms with Gasteiger partial charge in [0.1, 0.15) is 5.75 Å². The summed E-state index contributed by atoms with van der Waals surface area (Å²) in [6.45, 7) is 6.14. The highest BCUT2D eigenvalue weighted by Gasteiger charge is 2.22. The minimum absolute atomic E-state index is 0. The third kappa shape index (κ3) is 4.90. The summed E-state index contributed by atoms with van der Waals surface area (Å²) in [5, 5.41) is 3.31. The lowest BCUT2D eigenvalue weighted by Gasteiger charge is -2.31. The Labute approximate surface area is 133 Å². The van der Waals surface area contributed by atoms with Crippen LogP contribution in [0.25, 0.3) is 0 Å². The molecular formula is C16H25ClN2O2. The highest BCUT2D eigenvalue weighted by molar-refractivity contribution is 5.85. The molecule has 4 nitrogen and oxygen atoms in total. The molecule has 0 saturated carbocycles. The van der Waals surface area contributed by atoms with Crippen LogP contribution in [0.5, 0.6) is 5.75 Å². The number of carbonyl (C=O) groups excluding carboxylic acids is 1. The summed E-state index contributed by atoms with van der Waals surface area (Å²) < 4.78 is 5.66. The fourth-order valence-electron chi connectivity index (χ4n) is 2.60. The van der Waals surface area contributed by atoms with Crippen molar-refractivity contribution in [2.24, 2.45) is 0 Å². The van der Waals surface area contributed by atoms with Crippen molar-refractivity contribution in [3.8, 4) is 5.75 Å². The van der Waals surface area contributed by atoms with Crippen LogP contribution < -0.4 is 10.1 Å². The first-order chi connectivity index (χ1) is 9.58. The molecule has 0 spiro atoms. The van der Waals surface area contributed by atoms with E-state index in [4.69, 9.17) is 4.74 Å². The highest BCUT2D eigenvalue weighted by Crippen LogP contribution is 2.19. The van der Waals surface area contributed by atoms with E-state index < -0.39 is 0 Å². The molecule has 5 heteroatoms. The molecule has 0 aromatic heterocycles. The third-order valence-corrected chi connectivity index (χ3v) is 3.93. The van der Waals surface area contributed by atoms with Crippen LogP contribution in [-0.2, 0) is 4.79 Å². The predicted octanol–water partition coefficient (Wildman–Crippen LogP) is 2.31. The van der Waals surface area contributed by atoms with Crippen molar-refractivity contribution in [2.75, 3.05) is 26.7 Å². The molecule has 1 aliphatic rings. The molecule has 1 aromatic rings. The molecule has 118 valence electrons. The van der Waals surface area contributed by atoms with Crippen LogP contribution in [-0.4, -0.2) is 43.6 Å². The maximum Gasteiger partial charge on any atom is 0.260 e. The van der Waals surface area contributed by atoms with E-state index in [-0.39, 0.29) is 24.9 Å². The summed E-state index contributed by atoms with van der Waals surface area (Å²) >= 11 is 0. The second-order valence-electron chi connectivity index (χ2n) is 5.54. The molecule has 1 aliphatic heterocycles. The van der Waals surface area contributed by atoms with Crippen molar-refractivity contribution in [3.63, 3.8) is 0 Å². The Hall–Kier alpha value is -1.26. The number of hydrogen-bond acceptors (Lipinski definition) is 3. The molecular weight excluding hydrogens is 288 g/mol. The predicted molar refractivity (Wildman–Crippen MR) is 87.3 cm³/mol. The molecule has 0 radical (unpaired) electrons. The Morgan fingerprint density at radius 1 is 1.33 bits per heavy atom. The van der Waals surface area contributed by atoms with E-state index in [1.54, 1.807) is 0 Å². The zero-order valence-electron chi connectivity index (χ0n) is 13.0. The first-order valence-electron chi connectivity index (χ1n) is 7.24. The number of ether oxygens (including phenoxy) is 1. The summed E-state index contributed by atoms with van der Waals surface area (Å²) in [5.41, 5.74) is 2.27. The zero-order valence-corrected chi connectivity index (χ0v) is 13.8. The van der Waals surface area contributed by atoms with E-state index in [9.17, 15) is 4.79 Å². The van der Waals surface area contributed by atoms with Crippen LogP contribution in [0.3, 0.4) is 0 Å². The molecule has 21 heavy (non-hydrogen) atoms. The van der Waals surface area contributed by atoms with E-state index in [2.05, 4.69) is 11.4 Å². The number of rotatable bonds is 4. The number of nitrogens with one attached hydrogen (secondary N) is 1. The van der Waals surface area contributed by atoms with Crippen molar-refractivity contribution in [2.45, 2.75) is 32.7 Å². The van der Waals surface area contributed by atoms with Gasteiger partial charge in [-0.2, -0.15) is 0 Å². The van der Waals surface area contributed by atoms with Gasteiger partial charge in [-0.1, -0.05) is 17.7 Å². The Morgan fingerprint density at radius 3 is 2.62 bits per heavy atom. The lowest BCUT2D eigenvalue weighted by Crippen LogP contribution is -2.45. The van der Waals surface area contributed by atoms with Crippen LogP contribution in [0.4, 0.5) is 0 Å². The van der Waals surface area contributed by atoms with Gasteiger partial charge in [-0.15, -0.1) is 12.4 Å².